The Hall–Kier alpha value is -1.95. The summed E-state index contributed by atoms with van der Waals surface area (Å²) in [4.78, 5) is 25.4. The fourth-order valence-electron chi connectivity index (χ4n) is 3.42. The largest absolute Gasteiger partial charge is 0.481 e. The third-order valence-corrected chi connectivity index (χ3v) is 4.75. The summed E-state index contributed by atoms with van der Waals surface area (Å²) in [6, 6.07) is 6.11. The minimum atomic E-state index is -0.813. The van der Waals surface area contributed by atoms with E-state index in [1.165, 1.54) is 12.1 Å². The Bertz CT molecular complexity index is 589. The number of halogens is 1. The number of rotatable bonds is 3. The molecule has 1 aromatic rings. The van der Waals surface area contributed by atoms with Crippen molar-refractivity contribution in [2.45, 2.75) is 25.4 Å². The van der Waals surface area contributed by atoms with Gasteiger partial charge in [0.1, 0.15) is 11.9 Å². The molecule has 0 spiro atoms. The van der Waals surface area contributed by atoms with Gasteiger partial charge >= 0.3 is 5.97 Å². The molecular weight excluding hydrogens is 301 g/mol. The zero-order valence-electron chi connectivity index (χ0n) is 12.8. The maximum atomic E-state index is 13.0. The highest BCUT2D eigenvalue weighted by atomic mass is 19.1. The molecule has 0 radical (unpaired) electrons. The number of nitrogens with zero attached hydrogens (tertiary/aromatic N) is 1. The van der Waals surface area contributed by atoms with E-state index in [2.05, 4.69) is 0 Å². The lowest BCUT2D eigenvalue weighted by Crippen LogP contribution is -2.44. The molecule has 2 fully saturated rings. The van der Waals surface area contributed by atoms with Crippen molar-refractivity contribution in [1.29, 1.82) is 0 Å². The van der Waals surface area contributed by atoms with E-state index in [9.17, 15) is 14.0 Å². The van der Waals surface area contributed by atoms with Crippen LogP contribution >= 0.6 is 0 Å². The molecule has 1 saturated heterocycles. The Morgan fingerprint density at radius 1 is 1.17 bits per heavy atom. The van der Waals surface area contributed by atoms with Crippen LogP contribution in [0.1, 0.15) is 30.9 Å². The first-order chi connectivity index (χ1) is 11.0. The second-order valence-electron chi connectivity index (χ2n) is 6.24. The van der Waals surface area contributed by atoms with Crippen molar-refractivity contribution >= 4 is 11.9 Å². The van der Waals surface area contributed by atoms with Gasteiger partial charge in [0.15, 0.2) is 0 Å². The van der Waals surface area contributed by atoms with Gasteiger partial charge in [0, 0.05) is 12.5 Å². The molecule has 1 saturated carbocycles. The fraction of sp³-hybridized carbons (Fsp3) is 0.529. The van der Waals surface area contributed by atoms with Crippen molar-refractivity contribution in [2.75, 3.05) is 19.7 Å². The van der Waals surface area contributed by atoms with Crippen molar-refractivity contribution in [1.82, 2.24) is 4.90 Å². The van der Waals surface area contributed by atoms with Crippen LogP contribution in [-0.4, -0.2) is 41.6 Å². The highest BCUT2D eigenvalue weighted by Gasteiger charge is 2.37. The standard InChI is InChI=1S/C17H20FNO4/c18-14-5-3-11(4-6-14)15-10-19(7-8-23-15)16(20)12-1-2-13(9-12)17(21)22/h3-6,12-13,15H,1-2,7-10H2,(H,21,22)/t12-,13+,15?/m0/s1. The minimum absolute atomic E-state index is 0.0177. The molecule has 6 heteroatoms. The molecule has 1 aromatic carbocycles. The first-order valence-electron chi connectivity index (χ1n) is 7.93. The molecule has 1 aliphatic carbocycles. The van der Waals surface area contributed by atoms with Crippen LogP contribution in [0.3, 0.4) is 0 Å². The van der Waals surface area contributed by atoms with E-state index >= 15 is 0 Å². The number of morpholine rings is 1. The van der Waals surface area contributed by atoms with Gasteiger partial charge in [-0.3, -0.25) is 9.59 Å². The van der Waals surface area contributed by atoms with Gasteiger partial charge in [-0.05, 0) is 37.0 Å². The van der Waals surface area contributed by atoms with Crippen LogP contribution in [0.25, 0.3) is 0 Å². The topological polar surface area (TPSA) is 66.8 Å². The van der Waals surface area contributed by atoms with Crippen LogP contribution in [-0.2, 0) is 14.3 Å². The van der Waals surface area contributed by atoms with Crippen molar-refractivity contribution in [2.24, 2.45) is 11.8 Å². The Morgan fingerprint density at radius 2 is 1.87 bits per heavy atom. The van der Waals surface area contributed by atoms with Crippen molar-refractivity contribution in [3.05, 3.63) is 35.6 Å². The lowest BCUT2D eigenvalue weighted by atomic mass is 10.0. The maximum Gasteiger partial charge on any atom is 0.306 e. The van der Waals surface area contributed by atoms with Crippen molar-refractivity contribution in [3.8, 4) is 0 Å². The summed E-state index contributed by atoms with van der Waals surface area (Å²) in [5.41, 5.74) is 0.846. The molecule has 124 valence electrons. The predicted octanol–water partition coefficient (Wildman–Crippen LogP) is 2.23. The number of carbonyl (C=O) groups excluding carboxylic acids is 1. The molecule has 1 amide bonds. The molecule has 2 aliphatic rings. The van der Waals surface area contributed by atoms with E-state index in [4.69, 9.17) is 9.84 Å². The quantitative estimate of drug-likeness (QED) is 0.927. The summed E-state index contributed by atoms with van der Waals surface area (Å²) >= 11 is 0. The Balaban J connectivity index is 1.63. The Kier molecular flexibility index (Phi) is 4.61. The summed E-state index contributed by atoms with van der Waals surface area (Å²) in [5, 5.41) is 9.06. The molecule has 1 unspecified atom stereocenters. The zero-order chi connectivity index (χ0) is 16.4. The van der Waals surface area contributed by atoms with Gasteiger partial charge in [0.05, 0.1) is 19.1 Å². The monoisotopic (exact) mass is 321 g/mol. The molecule has 0 bridgehead atoms. The zero-order valence-corrected chi connectivity index (χ0v) is 12.8. The molecule has 5 nitrogen and oxygen atoms in total. The van der Waals surface area contributed by atoms with Crippen LogP contribution in [0.2, 0.25) is 0 Å². The average Bonchev–Trinajstić information content (AvgIpc) is 3.05. The molecule has 0 aromatic heterocycles. The summed E-state index contributed by atoms with van der Waals surface area (Å²) < 4.78 is 18.7. The van der Waals surface area contributed by atoms with Gasteiger partial charge in [-0.25, -0.2) is 4.39 Å². The van der Waals surface area contributed by atoms with Crippen LogP contribution in [0.15, 0.2) is 24.3 Å². The van der Waals surface area contributed by atoms with E-state index in [0.29, 0.717) is 39.0 Å². The Morgan fingerprint density at radius 3 is 2.52 bits per heavy atom. The van der Waals surface area contributed by atoms with Gasteiger partial charge in [-0.1, -0.05) is 12.1 Å². The molecule has 1 heterocycles. The summed E-state index contributed by atoms with van der Waals surface area (Å²) in [6.45, 7) is 1.38. The second-order valence-corrected chi connectivity index (χ2v) is 6.24. The summed E-state index contributed by atoms with van der Waals surface area (Å²) in [6.07, 6.45) is 1.36. The van der Waals surface area contributed by atoms with Gasteiger partial charge in [0.25, 0.3) is 0 Å². The van der Waals surface area contributed by atoms with Gasteiger partial charge < -0.3 is 14.7 Å². The van der Waals surface area contributed by atoms with Crippen LogP contribution < -0.4 is 0 Å². The normalized spacial score (nSPS) is 27.9. The lowest BCUT2D eigenvalue weighted by molar-refractivity contribution is -0.144. The third-order valence-electron chi connectivity index (χ3n) is 4.75. The first kappa shape index (κ1) is 15.9. The van der Waals surface area contributed by atoms with Gasteiger partial charge in [0.2, 0.25) is 5.91 Å². The number of carboxylic acids is 1. The van der Waals surface area contributed by atoms with E-state index in [0.717, 1.165) is 5.56 Å². The number of carboxylic acid groups (broad SMARTS) is 1. The van der Waals surface area contributed by atoms with Crippen molar-refractivity contribution in [3.63, 3.8) is 0 Å². The molecule has 1 N–H and O–H groups in total. The van der Waals surface area contributed by atoms with E-state index in [1.54, 1.807) is 17.0 Å². The third kappa shape index (κ3) is 3.52. The van der Waals surface area contributed by atoms with E-state index in [-0.39, 0.29) is 23.7 Å². The van der Waals surface area contributed by atoms with Crippen LogP contribution in [0.5, 0.6) is 0 Å². The van der Waals surface area contributed by atoms with Gasteiger partial charge in [-0.2, -0.15) is 0 Å². The predicted molar refractivity (Wildman–Crippen MR) is 80.1 cm³/mol. The molecule has 3 atom stereocenters. The van der Waals surface area contributed by atoms with Gasteiger partial charge in [-0.15, -0.1) is 0 Å². The molecule has 1 aliphatic heterocycles. The smallest absolute Gasteiger partial charge is 0.306 e. The fourth-order valence-corrected chi connectivity index (χ4v) is 3.42. The summed E-state index contributed by atoms with van der Waals surface area (Å²) in [7, 11) is 0. The number of aliphatic carboxylic acids is 1. The minimum Gasteiger partial charge on any atom is -0.481 e. The highest BCUT2D eigenvalue weighted by Crippen LogP contribution is 2.33. The number of amides is 1. The van der Waals surface area contributed by atoms with Crippen LogP contribution in [0, 0.1) is 17.7 Å². The van der Waals surface area contributed by atoms with E-state index in [1.807, 2.05) is 0 Å². The number of hydrogen-bond acceptors (Lipinski definition) is 3. The average molecular weight is 321 g/mol. The highest BCUT2D eigenvalue weighted by molar-refractivity contribution is 5.81. The second kappa shape index (κ2) is 6.66. The SMILES string of the molecule is O=C(O)[C@@H]1CC[C@H](C(=O)N2CCOC(c3ccc(F)cc3)C2)C1. The molecular formula is C17H20FNO4. The number of carbonyl (C=O) groups is 2. The Labute approximate surface area is 134 Å². The van der Waals surface area contributed by atoms with Crippen LogP contribution in [0.4, 0.5) is 4.39 Å². The number of benzene rings is 1. The summed E-state index contributed by atoms with van der Waals surface area (Å²) in [5.74, 6) is -1.71. The lowest BCUT2D eigenvalue weighted by Gasteiger charge is -2.34. The maximum absolute atomic E-state index is 13.0. The first-order valence-corrected chi connectivity index (χ1v) is 7.93. The molecule has 23 heavy (non-hydrogen) atoms. The number of ether oxygens (including phenoxy) is 1. The van der Waals surface area contributed by atoms with Crippen molar-refractivity contribution < 1.29 is 23.8 Å². The van der Waals surface area contributed by atoms with E-state index < -0.39 is 11.9 Å². The number of hydrogen-bond donors (Lipinski definition) is 1. The molecule has 3 rings (SSSR count).